The molecule has 3 nitrogen and oxygen atoms in total. The highest BCUT2D eigenvalue weighted by molar-refractivity contribution is 6.04. The number of hydrogen-bond acceptors (Lipinski definition) is 2. The van der Waals surface area contributed by atoms with Crippen LogP contribution < -0.4 is 5.32 Å². The van der Waals surface area contributed by atoms with Gasteiger partial charge in [-0.1, -0.05) is 25.1 Å². The SMILES string of the molecule is CCc1ccc2ccc3[nH]c(C4CCCN4)nc3c2c1. The molecule has 0 saturated carbocycles. The summed E-state index contributed by atoms with van der Waals surface area (Å²) in [5.74, 6) is 1.09. The normalized spacial score (nSPS) is 19.1. The van der Waals surface area contributed by atoms with Crippen LogP contribution in [0.4, 0.5) is 0 Å². The van der Waals surface area contributed by atoms with Crippen molar-refractivity contribution in [3.05, 3.63) is 41.7 Å². The van der Waals surface area contributed by atoms with Crippen molar-refractivity contribution in [3.63, 3.8) is 0 Å². The molecule has 0 spiro atoms. The van der Waals surface area contributed by atoms with E-state index in [9.17, 15) is 0 Å². The third-order valence-corrected chi connectivity index (χ3v) is 4.35. The van der Waals surface area contributed by atoms with Gasteiger partial charge in [0.1, 0.15) is 5.82 Å². The van der Waals surface area contributed by atoms with Gasteiger partial charge in [-0.15, -0.1) is 0 Å². The maximum Gasteiger partial charge on any atom is 0.124 e. The molecule has 2 heterocycles. The Balaban J connectivity index is 1.93. The molecular weight excluding hydrogens is 246 g/mol. The van der Waals surface area contributed by atoms with Gasteiger partial charge < -0.3 is 10.3 Å². The summed E-state index contributed by atoms with van der Waals surface area (Å²) in [6.07, 6.45) is 3.48. The predicted molar refractivity (Wildman–Crippen MR) is 83.0 cm³/mol. The molecule has 2 aromatic carbocycles. The molecule has 3 aromatic rings. The van der Waals surface area contributed by atoms with E-state index in [1.165, 1.54) is 29.2 Å². The molecule has 1 unspecified atom stereocenters. The summed E-state index contributed by atoms with van der Waals surface area (Å²) in [6.45, 7) is 3.29. The third-order valence-electron chi connectivity index (χ3n) is 4.35. The summed E-state index contributed by atoms with van der Waals surface area (Å²) in [5.41, 5.74) is 3.63. The van der Waals surface area contributed by atoms with Crippen LogP contribution in [0.15, 0.2) is 30.3 Å². The highest BCUT2D eigenvalue weighted by atomic mass is 15.0. The summed E-state index contributed by atoms with van der Waals surface area (Å²) in [6, 6.07) is 11.4. The minimum Gasteiger partial charge on any atom is -0.341 e. The molecule has 1 atom stereocenters. The summed E-state index contributed by atoms with van der Waals surface area (Å²) in [7, 11) is 0. The van der Waals surface area contributed by atoms with Crippen LogP contribution in [0.5, 0.6) is 0 Å². The molecule has 20 heavy (non-hydrogen) atoms. The fourth-order valence-corrected chi connectivity index (χ4v) is 3.16. The van der Waals surface area contributed by atoms with E-state index in [2.05, 4.69) is 47.6 Å². The van der Waals surface area contributed by atoms with Gasteiger partial charge in [0.15, 0.2) is 0 Å². The van der Waals surface area contributed by atoms with Crippen LogP contribution in [0.2, 0.25) is 0 Å². The van der Waals surface area contributed by atoms with Gasteiger partial charge in [0.2, 0.25) is 0 Å². The van der Waals surface area contributed by atoms with Crippen molar-refractivity contribution in [2.24, 2.45) is 0 Å². The molecule has 102 valence electrons. The zero-order valence-corrected chi connectivity index (χ0v) is 11.7. The number of fused-ring (bicyclic) bond motifs is 3. The van der Waals surface area contributed by atoms with E-state index in [1.807, 2.05) is 0 Å². The largest absolute Gasteiger partial charge is 0.341 e. The standard InChI is InChI=1S/C17H19N3/c1-2-11-5-6-12-7-8-14-16(13(12)10-11)20-17(19-14)15-4-3-9-18-15/h5-8,10,15,18H,2-4,9H2,1H3,(H,19,20). The summed E-state index contributed by atoms with van der Waals surface area (Å²) < 4.78 is 0. The molecule has 1 fully saturated rings. The Morgan fingerprint density at radius 3 is 2.95 bits per heavy atom. The fourth-order valence-electron chi connectivity index (χ4n) is 3.16. The van der Waals surface area contributed by atoms with Crippen LogP contribution in [0.25, 0.3) is 21.8 Å². The summed E-state index contributed by atoms with van der Waals surface area (Å²) >= 11 is 0. The molecule has 4 rings (SSSR count). The van der Waals surface area contributed by atoms with Gasteiger partial charge in [0.25, 0.3) is 0 Å². The Morgan fingerprint density at radius 1 is 1.25 bits per heavy atom. The van der Waals surface area contributed by atoms with Crippen molar-refractivity contribution >= 4 is 21.8 Å². The maximum absolute atomic E-state index is 4.88. The second-order valence-corrected chi connectivity index (χ2v) is 5.64. The van der Waals surface area contributed by atoms with E-state index in [-0.39, 0.29) is 0 Å². The molecule has 0 radical (unpaired) electrons. The first-order valence-electron chi connectivity index (χ1n) is 7.50. The van der Waals surface area contributed by atoms with Crippen LogP contribution in [0.3, 0.4) is 0 Å². The van der Waals surface area contributed by atoms with Crippen molar-refractivity contribution in [1.29, 1.82) is 0 Å². The first kappa shape index (κ1) is 11.9. The lowest BCUT2D eigenvalue weighted by atomic mass is 10.0. The molecule has 0 aliphatic carbocycles. The molecule has 2 N–H and O–H groups in total. The van der Waals surface area contributed by atoms with E-state index in [0.717, 1.165) is 29.8 Å². The average Bonchev–Trinajstić information content (AvgIpc) is 3.15. The van der Waals surface area contributed by atoms with E-state index >= 15 is 0 Å². The van der Waals surface area contributed by atoms with Crippen molar-refractivity contribution in [1.82, 2.24) is 15.3 Å². The first-order chi connectivity index (χ1) is 9.85. The predicted octanol–water partition coefficient (Wildman–Crippen LogP) is 3.70. The Labute approximate surface area is 118 Å². The minimum absolute atomic E-state index is 0.395. The van der Waals surface area contributed by atoms with Crippen LogP contribution in [-0.4, -0.2) is 16.5 Å². The van der Waals surface area contributed by atoms with E-state index in [4.69, 9.17) is 4.98 Å². The molecule has 0 bridgehead atoms. The molecular formula is C17H19N3. The van der Waals surface area contributed by atoms with Crippen LogP contribution >= 0.6 is 0 Å². The third kappa shape index (κ3) is 1.81. The van der Waals surface area contributed by atoms with Crippen molar-refractivity contribution < 1.29 is 0 Å². The number of benzene rings is 2. The molecule has 1 saturated heterocycles. The zero-order valence-electron chi connectivity index (χ0n) is 11.7. The Kier molecular flexibility index (Phi) is 2.74. The number of hydrogen-bond donors (Lipinski definition) is 2. The number of aromatic amines is 1. The number of nitrogens with zero attached hydrogens (tertiary/aromatic N) is 1. The summed E-state index contributed by atoms with van der Waals surface area (Å²) in [4.78, 5) is 8.37. The van der Waals surface area contributed by atoms with Crippen LogP contribution in [0, 0.1) is 0 Å². The number of aryl methyl sites for hydroxylation is 1. The van der Waals surface area contributed by atoms with Gasteiger partial charge >= 0.3 is 0 Å². The molecule has 1 aromatic heterocycles. The van der Waals surface area contributed by atoms with E-state index in [1.54, 1.807) is 0 Å². The lowest BCUT2D eigenvalue weighted by molar-refractivity contribution is 0.614. The monoisotopic (exact) mass is 265 g/mol. The first-order valence-corrected chi connectivity index (χ1v) is 7.50. The topological polar surface area (TPSA) is 40.7 Å². The molecule has 3 heteroatoms. The lowest BCUT2D eigenvalue weighted by Crippen LogP contribution is -2.13. The highest BCUT2D eigenvalue weighted by Crippen LogP contribution is 2.28. The number of imidazole rings is 1. The van der Waals surface area contributed by atoms with Gasteiger partial charge in [0, 0.05) is 5.39 Å². The second-order valence-electron chi connectivity index (χ2n) is 5.64. The van der Waals surface area contributed by atoms with Crippen LogP contribution in [0.1, 0.15) is 37.2 Å². The van der Waals surface area contributed by atoms with Gasteiger partial charge in [-0.2, -0.15) is 0 Å². The van der Waals surface area contributed by atoms with E-state index < -0.39 is 0 Å². The maximum atomic E-state index is 4.88. The van der Waals surface area contributed by atoms with Crippen LogP contribution in [-0.2, 0) is 6.42 Å². The number of H-pyrrole nitrogens is 1. The minimum atomic E-state index is 0.395. The number of aromatic nitrogens is 2. The number of rotatable bonds is 2. The van der Waals surface area contributed by atoms with Crippen molar-refractivity contribution in [2.45, 2.75) is 32.2 Å². The molecule has 0 amide bonds. The molecule has 1 aliphatic heterocycles. The quantitative estimate of drug-likeness (QED) is 0.741. The van der Waals surface area contributed by atoms with Gasteiger partial charge in [-0.3, -0.25) is 0 Å². The van der Waals surface area contributed by atoms with Gasteiger partial charge in [-0.05, 0) is 48.9 Å². The summed E-state index contributed by atoms with van der Waals surface area (Å²) in [5, 5.41) is 6.05. The zero-order chi connectivity index (χ0) is 13.5. The highest BCUT2D eigenvalue weighted by Gasteiger charge is 2.20. The van der Waals surface area contributed by atoms with Crippen molar-refractivity contribution in [3.8, 4) is 0 Å². The smallest absolute Gasteiger partial charge is 0.124 e. The Morgan fingerprint density at radius 2 is 2.15 bits per heavy atom. The van der Waals surface area contributed by atoms with Crippen molar-refractivity contribution in [2.75, 3.05) is 6.54 Å². The van der Waals surface area contributed by atoms with Gasteiger partial charge in [0.05, 0.1) is 17.1 Å². The number of nitrogens with one attached hydrogen (secondary N) is 2. The van der Waals surface area contributed by atoms with E-state index in [0.29, 0.717) is 6.04 Å². The Hall–Kier alpha value is -1.87. The average molecular weight is 265 g/mol. The molecule has 1 aliphatic rings. The lowest BCUT2D eigenvalue weighted by Gasteiger charge is -2.04. The fraction of sp³-hybridized carbons (Fsp3) is 0.353. The van der Waals surface area contributed by atoms with Gasteiger partial charge in [-0.25, -0.2) is 4.98 Å². The second kappa shape index (κ2) is 4.60. The Bertz CT molecular complexity index is 766.